The molecule has 0 spiro atoms. The molecule has 1 aromatic heterocycles. The molecule has 2 heterocycles. The summed E-state index contributed by atoms with van der Waals surface area (Å²) in [7, 11) is 4.43. The van der Waals surface area contributed by atoms with E-state index in [0.717, 1.165) is 5.56 Å². The Hall–Kier alpha value is -4.76. The second-order valence-electron chi connectivity index (χ2n) is 8.22. The summed E-state index contributed by atoms with van der Waals surface area (Å²) < 4.78 is 27.7. The number of nitrogens with two attached hydrogens (primary N) is 1. The molecular formula is C28H27N5O6S. The highest BCUT2D eigenvalue weighted by Gasteiger charge is 2.38. The van der Waals surface area contributed by atoms with Gasteiger partial charge in [0.1, 0.15) is 17.4 Å². The van der Waals surface area contributed by atoms with Crippen molar-refractivity contribution in [2.75, 3.05) is 33.7 Å². The van der Waals surface area contributed by atoms with Crippen molar-refractivity contribution in [3.63, 3.8) is 0 Å². The van der Waals surface area contributed by atoms with Crippen LogP contribution in [0.15, 0.2) is 76.6 Å². The fourth-order valence-electron chi connectivity index (χ4n) is 4.19. The van der Waals surface area contributed by atoms with Crippen molar-refractivity contribution in [1.82, 2.24) is 15.2 Å². The first-order valence-electron chi connectivity index (χ1n) is 12.1. The summed E-state index contributed by atoms with van der Waals surface area (Å²) >= 11 is 1.20. The van der Waals surface area contributed by atoms with Gasteiger partial charge in [-0.2, -0.15) is 10.4 Å². The molecule has 0 fully saturated rings. The molecule has 1 aliphatic rings. The lowest BCUT2D eigenvalue weighted by molar-refractivity contribution is -0.139. The molecule has 12 heteroatoms. The fourth-order valence-corrected chi connectivity index (χ4v) is 4.93. The van der Waals surface area contributed by atoms with Crippen LogP contribution in [0.4, 0.5) is 0 Å². The van der Waals surface area contributed by atoms with Gasteiger partial charge in [0, 0.05) is 5.56 Å². The summed E-state index contributed by atoms with van der Waals surface area (Å²) in [5.41, 5.74) is 8.39. The Kier molecular flexibility index (Phi) is 9.08. The van der Waals surface area contributed by atoms with Crippen molar-refractivity contribution in [2.24, 2.45) is 5.73 Å². The van der Waals surface area contributed by atoms with Crippen LogP contribution in [0.25, 0.3) is 11.3 Å². The molecule has 2 aromatic carbocycles. The maximum atomic E-state index is 13.4. The number of nitrogens with zero attached hydrogens (tertiary/aromatic N) is 4. The Balaban J connectivity index is 1.79. The monoisotopic (exact) mass is 561 g/mol. The fraction of sp³-hybridized carbons (Fsp3) is 0.250. The van der Waals surface area contributed by atoms with E-state index in [0.29, 0.717) is 33.7 Å². The number of carbonyl (C=O) groups excluding carboxylic acids is 1. The first-order valence-corrected chi connectivity index (χ1v) is 13.1. The van der Waals surface area contributed by atoms with Gasteiger partial charge < -0.3 is 29.4 Å². The molecule has 11 nitrogen and oxygen atoms in total. The minimum Gasteiger partial charge on any atom is -0.493 e. The Labute approximate surface area is 235 Å². The van der Waals surface area contributed by atoms with Crippen LogP contribution in [0.1, 0.15) is 18.4 Å². The van der Waals surface area contributed by atoms with Crippen molar-refractivity contribution in [3.8, 4) is 34.6 Å². The van der Waals surface area contributed by atoms with Gasteiger partial charge >= 0.3 is 5.97 Å². The maximum absolute atomic E-state index is 13.4. The molecule has 3 aromatic rings. The third-order valence-corrected chi connectivity index (χ3v) is 6.79. The van der Waals surface area contributed by atoms with Crippen LogP contribution in [0.3, 0.4) is 0 Å². The molecule has 0 bridgehead atoms. The Bertz CT molecular complexity index is 1480. The topological polar surface area (TPSA) is 152 Å². The zero-order chi connectivity index (χ0) is 28.6. The minimum atomic E-state index is -0.934. The second kappa shape index (κ2) is 12.9. The third-order valence-electron chi connectivity index (χ3n) is 5.95. The Morgan fingerprint density at radius 1 is 1.12 bits per heavy atom. The van der Waals surface area contributed by atoms with E-state index in [1.54, 1.807) is 25.3 Å². The summed E-state index contributed by atoms with van der Waals surface area (Å²) in [5.74, 6) is -0.378. The van der Waals surface area contributed by atoms with Crippen LogP contribution in [-0.4, -0.2) is 54.8 Å². The lowest BCUT2D eigenvalue weighted by Gasteiger charge is -2.28. The number of rotatable bonds is 10. The Morgan fingerprint density at radius 2 is 1.82 bits per heavy atom. The second-order valence-corrected chi connectivity index (χ2v) is 9.16. The SMILES string of the molecule is CCOC(=O)C1=C(CSc2nncc(-c3ccccc3)n2)OC(N)=C(C#N)[C@@H]1c1cc(OC)c(OC)c(OC)c1. The van der Waals surface area contributed by atoms with Crippen LogP contribution in [0, 0.1) is 11.3 Å². The first-order chi connectivity index (χ1) is 19.4. The molecule has 40 heavy (non-hydrogen) atoms. The highest BCUT2D eigenvalue weighted by molar-refractivity contribution is 7.99. The standard InChI is InChI=1S/C28H27N5O6S/c1-5-38-27(34)24-22(15-40-28-32-19(14-31-33-28)16-9-7-6-8-10-16)39-26(30)18(13-29)23(24)17-11-20(35-2)25(37-4)21(12-17)36-3/h6-12,14,23H,5,15,30H2,1-4H3/t23-/m0/s1. The quantitative estimate of drug-likeness (QED) is 0.281. The van der Waals surface area contributed by atoms with Crippen LogP contribution in [0.2, 0.25) is 0 Å². The number of hydrogen-bond donors (Lipinski definition) is 1. The van der Waals surface area contributed by atoms with Crippen LogP contribution in [0.5, 0.6) is 17.2 Å². The maximum Gasteiger partial charge on any atom is 0.338 e. The summed E-state index contributed by atoms with van der Waals surface area (Å²) in [6.07, 6.45) is 1.57. The van der Waals surface area contributed by atoms with Gasteiger partial charge in [0.25, 0.3) is 0 Å². The molecule has 0 saturated carbocycles. The number of aromatic nitrogens is 3. The third kappa shape index (κ3) is 5.79. The smallest absolute Gasteiger partial charge is 0.338 e. The van der Waals surface area contributed by atoms with E-state index in [-0.39, 0.29) is 35.1 Å². The molecule has 4 rings (SSSR count). The van der Waals surface area contributed by atoms with Crippen molar-refractivity contribution >= 4 is 17.7 Å². The normalized spacial score (nSPS) is 14.7. The Morgan fingerprint density at radius 3 is 2.42 bits per heavy atom. The summed E-state index contributed by atoms with van der Waals surface area (Å²) in [6, 6.07) is 15.0. The van der Waals surface area contributed by atoms with Gasteiger partial charge in [-0.25, -0.2) is 9.78 Å². The number of ether oxygens (including phenoxy) is 5. The number of carbonyl (C=O) groups is 1. The van der Waals surface area contributed by atoms with Gasteiger partial charge in [-0.05, 0) is 24.6 Å². The van der Waals surface area contributed by atoms with Crippen molar-refractivity contribution in [1.29, 1.82) is 5.26 Å². The van der Waals surface area contributed by atoms with E-state index in [1.807, 2.05) is 30.3 Å². The van der Waals surface area contributed by atoms with Crippen LogP contribution < -0.4 is 19.9 Å². The molecule has 206 valence electrons. The number of esters is 1. The molecule has 1 aliphatic heterocycles. The largest absolute Gasteiger partial charge is 0.493 e. The van der Waals surface area contributed by atoms with Gasteiger partial charge in [-0.3, -0.25) is 0 Å². The molecule has 2 N–H and O–H groups in total. The van der Waals surface area contributed by atoms with Gasteiger partial charge in [0.2, 0.25) is 16.8 Å². The molecule has 0 saturated heterocycles. The van der Waals surface area contributed by atoms with Gasteiger partial charge in [0.05, 0.1) is 57.1 Å². The molecule has 1 atom stereocenters. The van der Waals surface area contributed by atoms with Gasteiger partial charge in [0.15, 0.2) is 11.5 Å². The number of benzene rings is 2. The predicted molar refractivity (Wildman–Crippen MR) is 146 cm³/mol. The van der Waals surface area contributed by atoms with Crippen molar-refractivity contribution in [3.05, 3.63) is 77.0 Å². The van der Waals surface area contributed by atoms with Crippen molar-refractivity contribution in [2.45, 2.75) is 18.0 Å². The van der Waals surface area contributed by atoms with Crippen LogP contribution in [-0.2, 0) is 14.3 Å². The zero-order valence-electron chi connectivity index (χ0n) is 22.3. The summed E-state index contributed by atoms with van der Waals surface area (Å²) in [6.45, 7) is 1.80. The van der Waals surface area contributed by atoms with Crippen LogP contribution >= 0.6 is 11.8 Å². The number of thioether (sulfide) groups is 1. The highest BCUT2D eigenvalue weighted by Crippen LogP contribution is 2.46. The van der Waals surface area contributed by atoms with E-state index in [9.17, 15) is 10.1 Å². The highest BCUT2D eigenvalue weighted by atomic mass is 32.2. The molecule has 0 radical (unpaired) electrons. The van der Waals surface area contributed by atoms with E-state index in [1.165, 1.54) is 33.1 Å². The number of nitriles is 1. The molecular weight excluding hydrogens is 534 g/mol. The zero-order valence-corrected chi connectivity index (χ0v) is 23.2. The average Bonchev–Trinajstić information content (AvgIpc) is 2.99. The predicted octanol–water partition coefficient (Wildman–Crippen LogP) is 3.98. The molecule has 0 amide bonds. The molecule has 0 unspecified atom stereocenters. The van der Waals surface area contributed by atoms with E-state index < -0.39 is 11.9 Å². The lowest BCUT2D eigenvalue weighted by atomic mass is 9.82. The number of allylic oxidation sites excluding steroid dienone is 1. The number of hydrogen-bond acceptors (Lipinski definition) is 12. The van der Waals surface area contributed by atoms with E-state index in [2.05, 4.69) is 21.3 Å². The number of methoxy groups -OCH3 is 3. The van der Waals surface area contributed by atoms with Gasteiger partial charge in [-0.15, -0.1) is 5.10 Å². The summed E-state index contributed by atoms with van der Waals surface area (Å²) in [4.78, 5) is 17.9. The average molecular weight is 562 g/mol. The van der Waals surface area contributed by atoms with E-state index in [4.69, 9.17) is 29.4 Å². The van der Waals surface area contributed by atoms with Gasteiger partial charge in [-0.1, -0.05) is 42.1 Å². The van der Waals surface area contributed by atoms with E-state index >= 15 is 0 Å². The minimum absolute atomic E-state index is 0.0371. The lowest BCUT2D eigenvalue weighted by Crippen LogP contribution is -2.27. The summed E-state index contributed by atoms with van der Waals surface area (Å²) in [5, 5.41) is 18.6. The first kappa shape index (κ1) is 28.3. The van der Waals surface area contributed by atoms with Crippen molar-refractivity contribution < 1.29 is 28.5 Å². The molecule has 0 aliphatic carbocycles.